The van der Waals surface area contributed by atoms with Crippen molar-refractivity contribution < 1.29 is 28.2 Å². The SMILES string of the molecule is C[C@]1(C(N)=O)COc2c1cc([C@@](O)(CNC(=O)c1cc(Cl)c3nn(C4CC4)cc3c1)C1CC1)nc2-c1cc(F)c(F)c(Cl)c1. The summed E-state index contributed by atoms with van der Waals surface area (Å²) < 4.78 is 36.2. The molecule has 2 fully saturated rings. The number of nitrogens with two attached hydrogens (primary N) is 1. The molecule has 0 saturated heterocycles. The number of aromatic nitrogens is 3. The van der Waals surface area contributed by atoms with Gasteiger partial charge >= 0.3 is 0 Å². The van der Waals surface area contributed by atoms with E-state index in [1.54, 1.807) is 13.0 Å². The molecule has 3 heterocycles. The molecule has 9 nitrogen and oxygen atoms in total. The van der Waals surface area contributed by atoms with Gasteiger partial charge in [0.1, 0.15) is 34.6 Å². The Morgan fingerprint density at radius 3 is 2.57 bits per heavy atom. The normalized spacial score (nSPS) is 20.7. The highest BCUT2D eigenvalue weighted by Crippen LogP contribution is 2.50. The summed E-state index contributed by atoms with van der Waals surface area (Å²) >= 11 is 12.4. The second kappa shape index (κ2) is 10.1. The van der Waals surface area contributed by atoms with Gasteiger partial charge < -0.3 is 20.9 Å². The highest BCUT2D eigenvalue weighted by molar-refractivity contribution is 6.35. The van der Waals surface area contributed by atoms with E-state index in [4.69, 9.17) is 33.7 Å². The largest absolute Gasteiger partial charge is 0.489 e. The number of aliphatic hydroxyl groups is 1. The first-order valence-corrected chi connectivity index (χ1v) is 15.0. The smallest absolute Gasteiger partial charge is 0.251 e. The molecule has 228 valence electrons. The van der Waals surface area contributed by atoms with Gasteiger partial charge in [0.25, 0.3) is 5.91 Å². The fraction of sp³-hybridized carbons (Fsp3) is 0.355. The number of carbonyl (C=O) groups excluding carboxylic acids is 2. The second-order valence-corrected chi connectivity index (χ2v) is 12.9. The Kier molecular flexibility index (Phi) is 6.65. The Hall–Kier alpha value is -3.80. The number of nitrogens with one attached hydrogen (secondary N) is 1. The average molecular weight is 642 g/mol. The molecule has 2 amide bonds. The fourth-order valence-electron chi connectivity index (χ4n) is 5.79. The van der Waals surface area contributed by atoms with E-state index in [2.05, 4.69) is 15.4 Å². The first-order chi connectivity index (χ1) is 20.9. The van der Waals surface area contributed by atoms with Gasteiger partial charge in [-0.1, -0.05) is 23.2 Å². The lowest BCUT2D eigenvalue weighted by Gasteiger charge is -2.30. The van der Waals surface area contributed by atoms with Crippen LogP contribution in [0.3, 0.4) is 0 Å². The molecule has 7 rings (SSSR count). The molecule has 2 aliphatic carbocycles. The maximum Gasteiger partial charge on any atom is 0.251 e. The number of amides is 2. The summed E-state index contributed by atoms with van der Waals surface area (Å²) in [5, 5.41) is 20.1. The van der Waals surface area contributed by atoms with E-state index in [1.165, 1.54) is 18.2 Å². The van der Waals surface area contributed by atoms with Crippen molar-refractivity contribution in [3.63, 3.8) is 0 Å². The van der Waals surface area contributed by atoms with Crippen molar-refractivity contribution in [2.24, 2.45) is 11.7 Å². The van der Waals surface area contributed by atoms with Crippen LogP contribution in [0.5, 0.6) is 5.75 Å². The molecular weight excluding hydrogens is 615 g/mol. The molecule has 1 aliphatic heterocycles. The summed E-state index contributed by atoms with van der Waals surface area (Å²) in [5.41, 5.74) is 4.27. The molecule has 2 saturated carbocycles. The van der Waals surface area contributed by atoms with E-state index in [1.807, 2.05) is 10.9 Å². The molecule has 2 aromatic heterocycles. The first kappa shape index (κ1) is 28.9. The van der Waals surface area contributed by atoms with E-state index in [-0.39, 0.29) is 41.8 Å². The molecule has 0 radical (unpaired) electrons. The summed E-state index contributed by atoms with van der Waals surface area (Å²) in [4.78, 5) is 30.6. The third-order valence-electron chi connectivity index (χ3n) is 8.85. The monoisotopic (exact) mass is 641 g/mol. The Morgan fingerprint density at radius 2 is 1.91 bits per heavy atom. The molecule has 0 bridgehead atoms. The minimum Gasteiger partial charge on any atom is -0.489 e. The van der Waals surface area contributed by atoms with Crippen molar-refractivity contribution in [1.29, 1.82) is 0 Å². The number of rotatable bonds is 8. The van der Waals surface area contributed by atoms with Crippen molar-refractivity contribution in [3.05, 3.63) is 75.0 Å². The molecule has 0 unspecified atom stereocenters. The molecule has 2 aromatic carbocycles. The van der Waals surface area contributed by atoms with E-state index in [0.29, 0.717) is 40.5 Å². The lowest BCUT2D eigenvalue weighted by atomic mass is 9.81. The molecule has 13 heteroatoms. The second-order valence-electron chi connectivity index (χ2n) is 12.1. The van der Waals surface area contributed by atoms with Crippen LogP contribution in [0.15, 0.2) is 36.5 Å². The van der Waals surface area contributed by atoms with Crippen molar-refractivity contribution in [2.75, 3.05) is 13.2 Å². The van der Waals surface area contributed by atoms with Crippen LogP contribution < -0.4 is 15.8 Å². The Labute approximate surface area is 260 Å². The number of primary amides is 1. The maximum atomic E-state index is 14.5. The predicted octanol–water partition coefficient (Wildman–Crippen LogP) is 5.18. The van der Waals surface area contributed by atoms with Gasteiger partial charge in [-0.3, -0.25) is 14.3 Å². The zero-order valence-corrected chi connectivity index (χ0v) is 25.0. The first-order valence-electron chi connectivity index (χ1n) is 14.2. The Morgan fingerprint density at radius 1 is 1.16 bits per heavy atom. The Bertz CT molecular complexity index is 1870. The van der Waals surface area contributed by atoms with Crippen molar-refractivity contribution >= 4 is 45.9 Å². The third kappa shape index (κ3) is 4.69. The Balaban J connectivity index is 1.27. The summed E-state index contributed by atoms with van der Waals surface area (Å²) in [5.74, 6) is -3.70. The highest BCUT2D eigenvalue weighted by atomic mass is 35.5. The maximum absolute atomic E-state index is 14.5. The van der Waals surface area contributed by atoms with Gasteiger partial charge in [-0.05, 0) is 68.9 Å². The number of hydrogen-bond donors (Lipinski definition) is 3. The summed E-state index contributed by atoms with van der Waals surface area (Å²) in [6.45, 7) is 1.24. The van der Waals surface area contributed by atoms with Crippen LogP contribution in [0.25, 0.3) is 22.2 Å². The molecule has 2 atom stereocenters. The molecular formula is C31H27Cl2F2N5O4. The quantitative estimate of drug-likeness (QED) is 0.227. The highest BCUT2D eigenvalue weighted by Gasteiger charge is 2.50. The average Bonchev–Trinajstić information content (AvgIpc) is 3.93. The van der Waals surface area contributed by atoms with Crippen molar-refractivity contribution in [3.8, 4) is 17.0 Å². The molecule has 3 aliphatic rings. The molecule has 44 heavy (non-hydrogen) atoms. The number of nitrogens with zero attached hydrogens (tertiary/aromatic N) is 3. The number of carbonyl (C=O) groups is 2. The molecule has 4 aromatic rings. The molecule has 4 N–H and O–H groups in total. The van der Waals surface area contributed by atoms with Gasteiger partial charge in [-0.2, -0.15) is 5.10 Å². The lowest BCUT2D eigenvalue weighted by molar-refractivity contribution is -0.123. The van der Waals surface area contributed by atoms with Gasteiger partial charge in [-0.15, -0.1) is 0 Å². The van der Waals surface area contributed by atoms with Gasteiger partial charge in [0.05, 0.1) is 28.3 Å². The molecule has 0 spiro atoms. The van der Waals surface area contributed by atoms with Gasteiger partial charge in [-0.25, -0.2) is 13.8 Å². The third-order valence-corrected chi connectivity index (χ3v) is 9.41. The summed E-state index contributed by atoms with van der Waals surface area (Å²) in [6.07, 6.45) is 5.27. The fourth-order valence-corrected chi connectivity index (χ4v) is 6.26. The zero-order valence-electron chi connectivity index (χ0n) is 23.5. The van der Waals surface area contributed by atoms with Crippen LogP contribution in [0, 0.1) is 17.6 Å². The van der Waals surface area contributed by atoms with Crippen LogP contribution >= 0.6 is 23.2 Å². The van der Waals surface area contributed by atoms with Crippen molar-refractivity contribution in [2.45, 2.75) is 49.7 Å². The predicted molar refractivity (Wildman–Crippen MR) is 159 cm³/mol. The van der Waals surface area contributed by atoms with Gasteiger partial charge in [0, 0.05) is 28.3 Å². The van der Waals surface area contributed by atoms with Gasteiger partial charge in [0.15, 0.2) is 11.6 Å². The number of fused-ring (bicyclic) bond motifs is 2. The minimum absolute atomic E-state index is 0.0542. The van der Waals surface area contributed by atoms with E-state index in [0.717, 1.165) is 24.3 Å². The van der Waals surface area contributed by atoms with Crippen LogP contribution in [-0.4, -0.2) is 44.8 Å². The number of hydrogen-bond acceptors (Lipinski definition) is 6. The minimum atomic E-state index is -1.69. The van der Waals surface area contributed by atoms with Crippen LogP contribution in [0.1, 0.15) is 60.3 Å². The van der Waals surface area contributed by atoms with E-state index in [9.17, 15) is 23.5 Å². The van der Waals surface area contributed by atoms with E-state index < -0.39 is 39.5 Å². The van der Waals surface area contributed by atoms with Crippen LogP contribution in [0.2, 0.25) is 10.0 Å². The van der Waals surface area contributed by atoms with Crippen LogP contribution in [-0.2, 0) is 15.8 Å². The van der Waals surface area contributed by atoms with Crippen molar-refractivity contribution in [1.82, 2.24) is 20.1 Å². The summed E-state index contributed by atoms with van der Waals surface area (Å²) in [6, 6.07) is 7.23. The topological polar surface area (TPSA) is 132 Å². The zero-order chi connectivity index (χ0) is 31.1. The number of ether oxygens (including phenoxy) is 1. The van der Waals surface area contributed by atoms with Crippen LogP contribution in [0.4, 0.5) is 8.78 Å². The number of halogens is 4. The number of benzene rings is 2. The van der Waals surface area contributed by atoms with E-state index >= 15 is 0 Å². The van der Waals surface area contributed by atoms with Gasteiger partial charge in [0.2, 0.25) is 5.91 Å². The lowest BCUT2D eigenvalue weighted by Crippen LogP contribution is -2.44. The standard InChI is InChI=1S/C31H27Cl2F2N5O4/c1-30(29(36)42)13-44-27-19(30)10-23(38-26(27)14-7-20(32)24(35)22(34)9-14)31(43,17-2-3-17)12-37-28(41)15-6-16-11-40(18-4-5-18)39-25(16)21(33)8-15/h6-11,17-18,43H,2-5,12-13H2,1H3,(H2,36,42)(H,37,41)/t30-,31+/m0/s1. The summed E-state index contributed by atoms with van der Waals surface area (Å²) in [7, 11) is 0. The number of pyridine rings is 1.